The first-order valence-corrected chi connectivity index (χ1v) is 11.7. The number of carbonyl (C=O) groups is 2. The zero-order valence-corrected chi connectivity index (χ0v) is 19.8. The number of aromatic nitrogens is 1. The summed E-state index contributed by atoms with van der Waals surface area (Å²) in [7, 11) is 1.58. The molecule has 1 fully saturated rings. The molecule has 0 saturated carbocycles. The molecule has 0 spiro atoms. The van der Waals surface area contributed by atoms with Gasteiger partial charge in [-0.3, -0.25) is 14.5 Å². The maximum absolute atomic E-state index is 13.3. The average Bonchev–Trinajstić information content (AvgIpc) is 3.37. The number of methoxy groups -OCH3 is 1. The highest BCUT2D eigenvalue weighted by atomic mass is 79.9. The number of ether oxygens (including phenoxy) is 1. The summed E-state index contributed by atoms with van der Waals surface area (Å²) in [5.74, 6) is -1.02. The van der Waals surface area contributed by atoms with Gasteiger partial charge in [0, 0.05) is 10.0 Å². The van der Waals surface area contributed by atoms with Crippen LogP contribution in [0.5, 0.6) is 5.75 Å². The van der Waals surface area contributed by atoms with Crippen LogP contribution in [0, 0.1) is 0 Å². The Morgan fingerprint density at radius 3 is 2.48 bits per heavy atom. The third-order valence-corrected chi connectivity index (χ3v) is 7.01. The van der Waals surface area contributed by atoms with Gasteiger partial charge in [-0.15, -0.1) is 0 Å². The molecule has 1 aliphatic heterocycles. The highest BCUT2D eigenvalue weighted by molar-refractivity contribution is 9.10. The van der Waals surface area contributed by atoms with Gasteiger partial charge in [-0.05, 0) is 35.9 Å². The number of nitrogens with zero attached hydrogens (tertiary/aromatic N) is 2. The smallest absolute Gasteiger partial charge is 0.301 e. The maximum atomic E-state index is 13.3. The van der Waals surface area contributed by atoms with Crippen LogP contribution in [0.25, 0.3) is 16.0 Å². The molecule has 2 heterocycles. The van der Waals surface area contributed by atoms with Crippen molar-refractivity contribution in [1.82, 2.24) is 4.98 Å². The number of hydrogen-bond donors (Lipinski definition) is 1. The summed E-state index contributed by atoms with van der Waals surface area (Å²) in [5, 5.41) is 11.5. The minimum atomic E-state index is -0.819. The SMILES string of the molecule is COc1ccc2nc(N3C(=O)C(=O)C(=C(O)c4ccccc4)[C@@H]3c3ccc(Br)cc3)sc2c1. The minimum absolute atomic E-state index is 0.0327. The van der Waals surface area contributed by atoms with E-state index >= 15 is 0 Å². The van der Waals surface area contributed by atoms with Crippen molar-refractivity contribution >= 4 is 60.1 Å². The van der Waals surface area contributed by atoms with Crippen molar-refractivity contribution in [3.05, 3.63) is 94.0 Å². The molecule has 164 valence electrons. The molecule has 1 amide bonds. The lowest BCUT2D eigenvalue weighted by Crippen LogP contribution is -2.29. The molecule has 3 aromatic carbocycles. The molecule has 0 bridgehead atoms. The van der Waals surface area contributed by atoms with Gasteiger partial charge in [0.25, 0.3) is 5.78 Å². The van der Waals surface area contributed by atoms with E-state index in [1.165, 1.54) is 16.2 Å². The Balaban J connectivity index is 1.72. The number of aliphatic hydroxyl groups excluding tert-OH is 1. The number of benzene rings is 3. The second-order valence-corrected chi connectivity index (χ2v) is 9.34. The number of ketones is 1. The fraction of sp³-hybridized carbons (Fsp3) is 0.0800. The Morgan fingerprint density at radius 2 is 1.79 bits per heavy atom. The number of anilines is 1. The third-order valence-electron chi connectivity index (χ3n) is 5.47. The third kappa shape index (κ3) is 3.71. The first-order valence-electron chi connectivity index (χ1n) is 10.0. The number of carbonyl (C=O) groups excluding carboxylic acids is 2. The second-order valence-electron chi connectivity index (χ2n) is 7.42. The van der Waals surface area contributed by atoms with Gasteiger partial charge in [-0.2, -0.15) is 0 Å². The molecule has 0 aliphatic carbocycles. The predicted octanol–water partition coefficient (Wildman–Crippen LogP) is 5.69. The zero-order chi connectivity index (χ0) is 23.1. The summed E-state index contributed by atoms with van der Waals surface area (Å²) < 4.78 is 6.98. The largest absolute Gasteiger partial charge is 0.507 e. The summed E-state index contributed by atoms with van der Waals surface area (Å²) in [6, 6.07) is 20.7. The Labute approximate surface area is 201 Å². The predicted molar refractivity (Wildman–Crippen MR) is 132 cm³/mol. The molecule has 1 atom stereocenters. The normalized spacial score (nSPS) is 17.6. The van der Waals surface area contributed by atoms with Crippen molar-refractivity contribution in [1.29, 1.82) is 0 Å². The van der Waals surface area contributed by atoms with Crippen LogP contribution in [-0.4, -0.2) is 28.9 Å². The minimum Gasteiger partial charge on any atom is -0.507 e. The Bertz CT molecular complexity index is 1410. The van der Waals surface area contributed by atoms with E-state index in [1.807, 2.05) is 42.5 Å². The van der Waals surface area contributed by atoms with E-state index in [0.717, 1.165) is 9.17 Å². The summed E-state index contributed by atoms with van der Waals surface area (Å²) in [5.41, 5.74) is 1.87. The van der Waals surface area contributed by atoms with Crippen molar-refractivity contribution in [3.8, 4) is 5.75 Å². The van der Waals surface area contributed by atoms with Gasteiger partial charge in [0.2, 0.25) is 0 Å². The van der Waals surface area contributed by atoms with Gasteiger partial charge in [0.1, 0.15) is 11.5 Å². The number of rotatable bonds is 4. The second kappa shape index (κ2) is 8.46. The molecule has 4 aromatic rings. The van der Waals surface area contributed by atoms with E-state index in [9.17, 15) is 14.7 Å². The van der Waals surface area contributed by atoms with Gasteiger partial charge in [-0.25, -0.2) is 4.98 Å². The van der Waals surface area contributed by atoms with Crippen LogP contribution >= 0.6 is 27.3 Å². The average molecular weight is 521 g/mol. The molecule has 33 heavy (non-hydrogen) atoms. The van der Waals surface area contributed by atoms with Crippen LogP contribution < -0.4 is 9.64 Å². The van der Waals surface area contributed by atoms with Crippen molar-refractivity contribution in [2.45, 2.75) is 6.04 Å². The highest BCUT2D eigenvalue weighted by Crippen LogP contribution is 2.44. The molecule has 1 saturated heterocycles. The van der Waals surface area contributed by atoms with Crippen molar-refractivity contribution < 1.29 is 19.4 Å². The van der Waals surface area contributed by atoms with E-state index in [2.05, 4.69) is 20.9 Å². The molecular weight excluding hydrogens is 504 g/mol. The molecule has 5 rings (SSSR count). The lowest BCUT2D eigenvalue weighted by atomic mass is 9.95. The summed E-state index contributed by atoms with van der Waals surface area (Å²) in [6.45, 7) is 0. The lowest BCUT2D eigenvalue weighted by molar-refractivity contribution is -0.132. The number of Topliss-reactive ketones (excluding diaryl/α,β-unsaturated/α-hetero) is 1. The van der Waals surface area contributed by atoms with Crippen molar-refractivity contribution in [2.75, 3.05) is 12.0 Å². The number of halogens is 1. The van der Waals surface area contributed by atoms with E-state index in [4.69, 9.17) is 4.74 Å². The summed E-state index contributed by atoms with van der Waals surface area (Å²) in [4.78, 5) is 32.5. The Hall–Kier alpha value is -3.49. The van der Waals surface area contributed by atoms with Gasteiger partial charge < -0.3 is 9.84 Å². The fourth-order valence-electron chi connectivity index (χ4n) is 3.86. The molecule has 6 nitrogen and oxygen atoms in total. The van der Waals surface area contributed by atoms with Gasteiger partial charge in [0.05, 0.1) is 28.9 Å². The number of fused-ring (bicyclic) bond motifs is 1. The number of aliphatic hydroxyl groups is 1. The molecule has 1 N–H and O–H groups in total. The number of hydrogen-bond acceptors (Lipinski definition) is 6. The van der Waals surface area contributed by atoms with E-state index in [-0.39, 0.29) is 11.3 Å². The van der Waals surface area contributed by atoms with Crippen LogP contribution in [0.1, 0.15) is 17.2 Å². The Morgan fingerprint density at radius 1 is 1.06 bits per heavy atom. The summed E-state index contributed by atoms with van der Waals surface area (Å²) >= 11 is 4.71. The maximum Gasteiger partial charge on any atom is 0.301 e. The van der Waals surface area contributed by atoms with E-state index in [1.54, 1.807) is 37.4 Å². The van der Waals surface area contributed by atoms with E-state index in [0.29, 0.717) is 27.5 Å². The zero-order valence-electron chi connectivity index (χ0n) is 17.4. The number of thiazole rings is 1. The first-order chi connectivity index (χ1) is 16.0. The molecule has 0 unspecified atom stereocenters. The molecular formula is C25H17BrN2O4S. The summed E-state index contributed by atoms with van der Waals surface area (Å²) in [6.07, 6.45) is 0. The van der Waals surface area contributed by atoms with Crippen LogP contribution in [0.2, 0.25) is 0 Å². The molecule has 0 radical (unpaired) electrons. The topological polar surface area (TPSA) is 79.7 Å². The van der Waals surface area contributed by atoms with Gasteiger partial charge in [-0.1, -0.05) is 69.7 Å². The molecule has 8 heteroatoms. The van der Waals surface area contributed by atoms with Crippen LogP contribution in [0.4, 0.5) is 5.13 Å². The highest BCUT2D eigenvalue weighted by Gasteiger charge is 2.48. The lowest BCUT2D eigenvalue weighted by Gasteiger charge is -2.23. The van der Waals surface area contributed by atoms with Crippen molar-refractivity contribution in [3.63, 3.8) is 0 Å². The van der Waals surface area contributed by atoms with E-state index < -0.39 is 17.7 Å². The van der Waals surface area contributed by atoms with Crippen LogP contribution in [-0.2, 0) is 9.59 Å². The monoisotopic (exact) mass is 520 g/mol. The first kappa shape index (κ1) is 21.4. The van der Waals surface area contributed by atoms with Crippen LogP contribution in [0.15, 0.2) is 82.8 Å². The van der Waals surface area contributed by atoms with Crippen LogP contribution in [0.3, 0.4) is 0 Å². The quantitative estimate of drug-likeness (QED) is 0.212. The standard InChI is InChI=1S/C25H17BrN2O4S/c1-32-17-11-12-18-19(13-17)33-25(27-18)28-21(14-7-9-16(26)10-8-14)20(23(30)24(28)31)22(29)15-5-3-2-4-6-15/h2-13,21,29H,1H3/t21-/m0/s1. The fourth-order valence-corrected chi connectivity index (χ4v) is 5.15. The molecule has 1 aliphatic rings. The van der Waals surface area contributed by atoms with Gasteiger partial charge in [0.15, 0.2) is 5.13 Å². The van der Waals surface area contributed by atoms with Crippen molar-refractivity contribution in [2.24, 2.45) is 0 Å². The molecule has 1 aromatic heterocycles. The van der Waals surface area contributed by atoms with Gasteiger partial charge >= 0.3 is 5.91 Å². The number of amides is 1. The Kier molecular flexibility index (Phi) is 5.47.